The maximum atomic E-state index is 14.4. The first-order valence-electron chi connectivity index (χ1n) is 15.6. The number of ether oxygens (including phenoxy) is 1. The zero-order chi connectivity index (χ0) is 30.4. The molecule has 1 aliphatic rings. The van der Waals surface area contributed by atoms with E-state index in [9.17, 15) is 14.4 Å². The van der Waals surface area contributed by atoms with E-state index in [2.05, 4.69) is 23.6 Å². The Morgan fingerprint density at radius 3 is 2.22 bits per heavy atom. The van der Waals surface area contributed by atoms with Crippen LogP contribution in [-0.2, 0) is 14.3 Å². The van der Waals surface area contributed by atoms with Crippen LogP contribution in [0.15, 0.2) is 18.2 Å². The number of unbranched alkanes of at least 4 members (excludes halogenated alkanes) is 4. The van der Waals surface area contributed by atoms with Gasteiger partial charge in [-0.25, -0.2) is 4.79 Å². The number of carbonyl (C=O) groups excluding carboxylic acids is 3. The van der Waals surface area contributed by atoms with Crippen molar-refractivity contribution >= 4 is 29.7 Å². The fraction of sp³-hybridized carbons (Fsp3) is 0.727. The van der Waals surface area contributed by atoms with Crippen LogP contribution in [0.25, 0.3) is 0 Å². The molecule has 1 saturated carbocycles. The number of hydrogen-bond donors (Lipinski definition) is 2. The van der Waals surface area contributed by atoms with Crippen molar-refractivity contribution in [1.82, 2.24) is 15.5 Å². The number of rotatable bonds is 15. The van der Waals surface area contributed by atoms with E-state index >= 15 is 0 Å². The topological polar surface area (TPSA) is 87.7 Å². The first kappa shape index (κ1) is 35.0. The molecule has 0 saturated heterocycles. The number of benzene rings is 1. The largest absolute Gasteiger partial charge is 0.444 e. The molecule has 1 aromatic carbocycles. The van der Waals surface area contributed by atoms with Gasteiger partial charge in [0.05, 0.1) is 0 Å². The van der Waals surface area contributed by atoms with Crippen LogP contribution in [0, 0.1) is 13.8 Å². The predicted octanol–water partition coefficient (Wildman–Crippen LogP) is 7.24. The van der Waals surface area contributed by atoms with E-state index in [0.29, 0.717) is 18.7 Å². The molecule has 3 amide bonds. The average molecular weight is 590 g/mol. The molecule has 1 aliphatic carbocycles. The van der Waals surface area contributed by atoms with Gasteiger partial charge in [-0.05, 0) is 77.9 Å². The third-order valence-electron chi connectivity index (χ3n) is 7.46. The summed E-state index contributed by atoms with van der Waals surface area (Å²) in [6.07, 6.45) is 12.3. The minimum atomic E-state index is -0.788. The van der Waals surface area contributed by atoms with Gasteiger partial charge in [-0.15, -0.1) is 0 Å². The number of nitrogens with zero attached hydrogens (tertiary/aromatic N) is 1. The van der Waals surface area contributed by atoms with Crippen LogP contribution in [0.3, 0.4) is 0 Å². The van der Waals surface area contributed by atoms with Gasteiger partial charge in [-0.2, -0.15) is 11.8 Å². The summed E-state index contributed by atoms with van der Waals surface area (Å²) in [6, 6.07) is 4.69. The molecule has 232 valence electrons. The molecule has 1 fully saturated rings. The van der Waals surface area contributed by atoms with Crippen molar-refractivity contribution in [3.8, 4) is 0 Å². The zero-order valence-corrected chi connectivity index (χ0v) is 27.5. The molecule has 0 aliphatic heterocycles. The maximum absolute atomic E-state index is 14.4. The molecule has 8 heteroatoms. The van der Waals surface area contributed by atoms with E-state index in [1.807, 2.05) is 32.2 Å². The summed E-state index contributed by atoms with van der Waals surface area (Å²) in [5.74, 6) is 0.326. The van der Waals surface area contributed by atoms with Gasteiger partial charge in [-0.1, -0.05) is 81.2 Å². The van der Waals surface area contributed by atoms with E-state index in [0.717, 1.165) is 74.5 Å². The molecule has 0 radical (unpaired) electrons. The number of hydrogen-bond acceptors (Lipinski definition) is 5. The number of carbonyl (C=O) groups is 3. The number of alkyl carbamates (subject to hydrolysis) is 1. The quantitative estimate of drug-likeness (QED) is 0.211. The third-order valence-corrected chi connectivity index (χ3v) is 8.10. The highest BCUT2D eigenvalue weighted by atomic mass is 32.2. The van der Waals surface area contributed by atoms with Crippen LogP contribution in [0.5, 0.6) is 0 Å². The maximum Gasteiger partial charge on any atom is 0.408 e. The minimum absolute atomic E-state index is 0.123. The van der Waals surface area contributed by atoms with Gasteiger partial charge < -0.3 is 20.3 Å². The molecule has 0 aromatic heterocycles. The van der Waals surface area contributed by atoms with Crippen LogP contribution >= 0.6 is 11.8 Å². The van der Waals surface area contributed by atoms with Gasteiger partial charge in [0.2, 0.25) is 11.8 Å². The summed E-state index contributed by atoms with van der Waals surface area (Å²) >= 11 is 1.62. The normalized spacial score (nSPS) is 15.6. The highest BCUT2D eigenvalue weighted by Crippen LogP contribution is 2.28. The lowest BCUT2D eigenvalue weighted by atomic mass is 9.94. The van der Waals surface area contributed by atoms with Gasteiger partial charge in [0.15, 0.2) is 0 Å². The van der Waals surface area contributed by atoms with Gasteiger partial charge in [0, 0.05) is 12.6 Å². The summed E-state index contributed by atoms with van der Waals surface area (Å²) < 4.78 is 5.52. The summed E-state index contributed by atoms with van der Waals surface area (Å²) in [5, 5.41) is 6.16. The highest BCUT2D eigenvalue weighted by Gasteiger charge is 2.37. The second kappa shape index (κ2) is 17.7. The fourth-order valence-electron chi connectivity index (χ4n) is 5.56. The molecule has 2 rings (SSSR count). The lowest BCUT2D eigenvalue weighted by Crippen LogP contribution is -2.54. The third kappa shape index (κ3) is 12.7. The van der Waals surface area contributed by atoms with Crippen molar-refractivity contribution in [2.75, 3.05) is 18.6 Å². The van der Waals surface area contributed by atoms with E-state index in [4.69, 9.17) is 4.74 Å². The van der Waals surface area contributed by atoms with Gasteiger partial charge in [-0.3, -0.25) is 9.59 Å². The molecular weight excluding hydrogens is 534 g/mol. The Kier molecular flexibility index (Phi) is 15.1. The Hall–Kier alpha value is -2.22. The first-order chi connectivity index (χ1) is 19.4. The zero-order valence-electron chi connectivity index (χ0n) is 26.6. The molecule has 41 heavy (non-hydrogen) atoms. The van der Waals surface area contributed by atoms with Gasteiger partial charge >= 0.3 is 6.09 Å². The fourth-order valence-corrected chi connectivity index (χ4v) is 6.03. The number of thioether (sulfide) groups is 1. The van der Waals surface area contributed by atoms with Crippen LogP contribution in [0.1, 0.15) is 121 Å². The average Bonchev–Trinajstić information content (AvgIpc) is 2.88. The Balaban J connectivity index is 2.48. The summed E-state index contributed by atoms with van der Waals surface area (Å²) in [4.78, 5) is 43.1. The summed E-state index contributed by atoms with van der Waals surface area (Å²) in [5.41, 5.74) is 2.24. The van der Waals surface area contributed by atoms with Crippen LogP contribution in [-0.4, -0.2) is 59.0 Å². The molecular formula is C33H55N3O4S. The lowest BCUT2D eigenvalue weighted by molar-refractivity contribution is -0.143. The molecule has 2 N–H and O–H groups in total. The van der Waals surface area contributed by atoms with Crippen LogP contribution in [0.4, 0.5) is 4.79 Å². The van der Waals surface area contributed by atoms with E-state index in [1.54, 1.807) is 37.4 Å². The van der Waals surface area contributed by atoms with Crippen molar-refractivity contribution in [2.45, 2.75) is 136 Å². The summed E-state index contributed by atoms with van der Waals surface area (Å²) in [6.45, 7) is 12.1. The Morgan fingerprint density at radius 2 is 1.63 bits per heavy atom. The van der Waals surface area contributed by atoms with Gasteiger partial charge in [0.1, 0.15) is 17.7 Å². The molecule has 2 atom stereocenters. The van der Waals surface area contributed by atoms with E-state index < -0.39 is 23.8 Å². The molecule has 2 unspecified atom stereocenters. The van der Waals surface area contributed by atoms with Crippen molar-refractivity contribution in [3.63, 3.8) is 0 Å². The molecule has 0 bridgehead atoms. The lowest BCUT2D eigenvalue weighted by Gasteiger charge is -2.36. The van der Waals surface area contributed by atoms with Gasteiger partial charge in [0.25, 0.3) is 0 Å². The standard InChI is InChI=1S/C33H55N3O4S/c1-8-9-10-11-15-19-36(31(38)28(18-20-41-7)35-32(39)40-33(4,5)6)29(26-22-24(2)21-25(3)23-26)30(37)34-27-16-13-12-14-17-27/h21-23,27-29H,8-20H2,1-7H3,(H,34,37)(H,35,39). The minimum Gasteiger partial charge on any atom is -0.444 e. The molecule has 1 aromatic rings. The molecule has 0 spiro atoms. The second-order valence-corrected chi connectivity index (χ2v) is 13.6. The molecule has 7 nitrogen and oxygen atoms in total. The number of amides is 3. The second-order valence-electron chi connectivity index (χ2n) is 12.6. The molecule has 0 heterocycles. The smallest absolute Gasteiger partial charge is 0.408 e. The predicted molar refractivity (Wildman–Crippen MR) is 170 cm³/mol. The number of nitrogens with one attached hydrogen (secondary N) is 2. The Bertz CT molecular complexity index is 951. The van der Waals surface area contributed by atoms with Crippen molar-refractivity contribution in [2.24, 2.45) is 0 Å². The Labute approximate surface area is 253 Å². The van der Waals surface area contributed by atoms with Crippen molar-refractivity contribution in [3.05, 3.63) is 34.9 Å². The monoisotopic (exact) mass is 589 g/mol. The van der Waals surface area contributed by atoms with Crippen molar-refractivity contribution < 1.29 is 19.1 Å². The van der Waals surface area contributed by atoms with E-state index in [1.165, 1.54) is 6.42 Å². The summed E-state index contributed by atoms with van der Waals surface area (Å²) in [7, 11) is 0. The van der Waals surface area contributed by atoms with Crippen molar-refractivity contribution in [1.29, 1.82) is 0 Å². The number of aryl methyl sites for hydroxylation is 2. The van der Waals surface area contributed by atoms with Crippen LogP contribution in [0.2, 0.25) is 0 Å². The SMILES string of the molecule is CCCCCCCN(C(=O)C(CCSC)NC(=O)OC(C)(C)C)C(C(=O)NC1CCCCC1)c1cc(C)cc(C)c1. The van der Waals surface area contributed by atoms with Crippen LogP contribution < -0.4 is 10.6 Å². The highest BCUT2D eigenvalue weighted by molar-refractivity contribution is 7.98. The first-order valence-corrected chi connectivity index (χ1v) is 17.0. The Morgan fingerprint density at radius 1 is 1.00 bits per heavy atom. The van der Waals surface area contributed by atoms with E-state index in [-0.39, 0.29) is 17.9 Å².